The molecule has 0 saturated carbocycles. The molecule has 1 heterocycles. The fourth-order valence-corrected chi connectivity index (χ4v) is 2.42. The molecule has 0 aromatic heterocycles. The van der Waals surface area contributed by atoms with E-state index in [1.807, 2.05) is 18.2 Å². The predicted octanol–water partition coefficient (Wildman–Crippen LogP) is 2.69. The average molecular weight is 305 g/mol. The third-order valence-corrected chi connectivity index (χ3v) is 3.77. The number of carbonyl (C=O) groups excluding carboxylic acids is 1. The monoisotopic (exact) mass is 305 g/mol. The van der Waals surface area contributed by atoms with Crippen molar-refractivity contribution in [3.05, 3.63) is 29.8 Å². The van der Waals surface area contributed by atoms with Gasteiger partial charge in [-0.3, -0.25) is 4.90 Å². The van der Waals surface area contributed by atoms with Crippen LogP contribution in [0.1, 0.15) is 25.8 Å². The zero-order valence-corrected chi connectivity index (χ0v) is 13.6. The molecule has 122 valence electrons. The maximum atomic E-state index is 12.0. The van der Waals surface area contributed by atoms with Gasteiger partial charge in [0.1, 0.15) is 0 Å². The third kappa shape index (κ3) is 5.66. The fraction of sp³-hybridized carbons (Fsp3) is 0.588. The summed E-state index contributed by atoms with van der Waals surface area (Å²) in [5, 5.41) is 5.88. The molecule has 1 aromatic carbocycles. The number of morpholine rings is 1. The SMILES string of the molecule is CC(C)CCNC(=O)Nc1ccccc1CN1CCOCC1. The smallest absolute Gasteiger partial charge is 0.319 e. The molecule has 1 aliphatic rings. The Balaban J connectivity index is 1.88. The van der Waals surface area contributed by atoms with Gasteiger partial charge < -0.3 is 15.4 Å². The number of amides is 2. The molecule has 1 aromatic rings. The Kier molecular flexibility index (Phi) is 6.68. The quantitative estimate of drug-likeness (QED) is 0.849. The van der Waals surface area contributed by atoms with Crippen LogP contribution in [0.15, 0.2) is 24.3 Å². The molecule has 5 nitrogen and oxygen atoms in total. The van der Waals surface area contributed by atoms with Gasteiger partial charge >= 0.3 is 6.03 Å². The lowest BCUT2D eigenvalue weighted by Crippen LogP contribution is -2.36. The molecule has 0 spiro atoms. The molecule has 1 aliphatic heterocycles. The second-order valence-electron chi connectivity index (χ2n) is 6.11. The number of benzene rings is 1. The van der Waals surface area contributed by atoms with Crippen LogP contribution in [0.4, 0.5) is 10.5 Å². The maximum Gasteiger partial charge on any atom is 0.319 e. The molecule has 22 heavy (non-hydrogen) atoms. The summed E-state index contributed by atoms with van der Waals surface area (Å²) in [6.07, 6.45) is 0.989. The summed E-state index contributed by atoms with van der Waals surface area (Å²) < 4.78 is 5.37. The van der Waals surface area contributed by atoms with Crippen molar-refractivity contribution in [2.24, 2.45) is 5.92 Å². The predicted molar refractivity (Wildman–Crippen MR) is 89.0 cm³/mol. The van der Waals surface area contributed by atoms with Crippen LogP contribution in [-0.4, -0.2) is 43.8 Å². The van der Waals surface area contributed by atoms with Crippen molar-refractivity contribution in [3.63, 3.8) is 0 Å². The lowest BCUT2D eigenvalue weighted by atomic mass is 10.1. The number of urea groups is 1. The van der Waals surface area contributed by atoms with Crippen LogP contribution < -0.4 is 10.6 Å². The molecular weight excluding hydrogens is 278 g/mol. The first-order chi connectivity index (χ1) is 10.6. The van der Waals surface area contributed by atoms with Gasteiger partial charge in [0.15, 0.2) is 0 Å². The van der Waals surface area contributed by atoms with Gasteiger partial charge in [0.25, 0.3) is 0 Å². The zero-order chi connectivity index (χ0) is 15.8. The van der Waals surface area contributed by atoms with Gasteiger partial charge in [-0.2, -0.15) is 0 Å². The van der Waals surface area contributed by atoms with E-state index in [4.69, 9.17) is 4.74 Å². The van der Waals surface area contributed by atoms with E-state index in [-0.39, 0.29) is 6.03 Å². The number of para-hydroxylation sites is 1. The normalized spacial score (nSPS) is 15.8. The number of nitrogens with one attached hydrogen (secondary N) is 2. The maximum absolute atomic E-state index is 12.0. The standard InChI is InChI=1S/C17H27N3O2/c1-14(2)7-8-18-17(21)19-16-6-4-3-5-15(16)13-20-9-11-22-12-10-20/h3-6,14H,7-13H2,1-2H3,(H2,18,19,21). The Hall–Kier alpha value is -1.59. The molecule has 1 fully saturated rings. The zero-order valence-electron chi connectivity index (χ0n) is 13.6. The molecule has 0 unspecified atom stereocenters. The van der Waals surface area contributed by atoms with Crippen molar-refractivity contribution in [3.8, 4) is 0 Å². The molecule has 5 heteroatoms. The molecule has 2 N–H and O–H groups in total. The number of carbonyl (C=O) groups is 1. The van der Waals surface area contributed by atoms with E-state index in [1.54, 1.807) is 0 Å². The van der Waals surface area contributed by atoms with Gasteiger partial charge in [-0.25, -0.2) is 4.79 Å². The second-order valence-corrected chi connectivity index (χ2v) is 6.11. The van der Waals surface area contributed by atoms with Crippen LogP contribution in [0.2, 0.25) is 0 Å². The van der Waals surface area contributed by atoms with Gasteiger partial charge in [0.2, 0.25) is 0 Å². The van der Waals surface area contributed by atoms with Crippen molar-refractivity contribution in [1.29, 1.82) is 0 Å². The highest BCUT2D eigenvalue weighted by atomic mass is 16.5. The van der Waals surface area contributed by atoms with Crippen molar-refractivity contribution >= 4 is 11.7 Å². The van der Waals surface area contributed by atoms with Gasteiger partial charge in [-0.05, 0) is 24.0 Å². The molecule has 0 atom stereocenters. The van der Waals surface area contributed by atoms with Crippen LogP contribution >= 0.6 is 0 Å². The summed E-state index contributed by atoms with van der Waals surface area (Å²) >= 11 is 0. The van der Waals surface area contributed by atoms with Gasteiger partial charge in [0, 0.05) is 31.9 Å². The van der Waals surface area contributed by atoms with Crippen molar-refractivity contribution in [1.82, 2.24) is 10.2 Å². The minimum absolute atomic E-state index is 0.130. The Bertz CT molecular complexity index is 471. The Morgan fingerprint density at radius 3 is 2.73 bits per heavy atom. The average Bonchev–Trinajstić information content (AvgIpc) is 2.50. The summed E-state index contributed by atoms with van der Waals surface area (Å²) in [6, 6.07) is 7.86. The lowest BCUT2D eigenvalue weighted by molar-refractivity contribution is 0.0343. The summed E-state index contributed by atoms with van der Waals surface area (Å²) in [5.74, 6) is 0.592. The summed E-state index contributed by atoms with van der Waals surface area (Å²) in [7, 11) is 0. The van der Waals surface area contributed by atoms with Crippen molar-refractivity contribution in [2.75, 3.05) is 38.2 Å². The van der Waals surface area contributed by atoms with Crippen LogP contribution in [0.25, 0.3) is 0 Å². The van der Waals surface area contributed by atoms with E-state index >= 15 is 0 Å². The Labute approximate surface area is 133 Å². The largest absolute Gasteiger partial charge is 0.379 e. The number of nitrogens with zero attached hydrogens (tertiary/aromatic N) is 1. The number of hydrogen-bond donors (Lipinski definition) is 2. The molecule has 1 saturated heterocycles. The van der Waals surface area contributed by atoms with Crippen LogP contribution in [0, 0.1) is 5.92 Å². The highest BCUT2D eigenvalue weighted by molar-refractivity contribution is 5.90. The molecule has 0 radical (unpaired) electrons. The van der Waals surface area contributed by atoms with E-state index in [0.717, 1.165) is 50.5 Å². The Morgan fingerprint density at radius 1 is 1.27 bits per heavy atom. The first kappa shape index (κ1) is 16.8. The van der Waals surface area contributed by atoms with E-state index in [2.05, 4.69) is 35.4 Å². The van der Waals surface area contributed by atoms with Crippen molar-refractivity contribution in [2.45, 2.75) is 26.8 Å². The highest BCUT2D eigenvalue weighted by Crippen LogP contribution is 2.17. The molecule has 2 rings (SSSR count). The van der Waals surface area contributed by atoms with E-state index in [9.17, 15) is 4.79 Å². The second kappa shape index (κ2) is 8.76. The molecule has 2 amide bonds. The molecule has 0 bridgehead atoms. The van der Waals surface area contributed by atoms with E-state index in [1.165, 1.54) is 0 Å². The van der Waals surface area contributed by atoms with Gasteiger partial charge in [-0.1, -0.05) is 32.0 Å². The molecule has 0 aliphatic carbocycles. The number of rotatable bonds is 6. The fourth-order valence-electron chi connectivity index (χ4n) is 2.42. The van der Waals surface area contributed by atoms with Crippen LogP contribution in [0.5, 0.6) is 0 Å². The van der Waals surface area contributed by atoms with E-state index < -0.39 is 0 Å². The lowest BCUT2D eigenvalue weighted by Gasteiger charge is -2.27. The van der Waals surface area contributed by atoms with Gasteiger partial charge in [0.05, 0.1) is 13.2 Å². The Morgan fingerprint density at radius 2 is 2.00 bits per heavy atom. The third-order valence-electron chi connectivity index (χ3n) is 3.77. The highest BCUT2D eigenvalue weighted by Gasteiger charge is 2.13. The summed E-state index contributed by atoms with van der Waals surface area (Å²) in [6.45, 7) is 9.29. The summed E-state index contributed by atoms with van der Waals surface area (Å²) in [5.41, 5.74) is 2.03. The number of hydrogen-bond acceptors (Lipinski definition) is 3. The number of anilines is 1. The summed E-state index contributed by atoms with van der Waals surface area (Å²) in [4.78, 5) is 14.3. The minimum Gasteiger partial charge on any atom is -0.379 e. The van der Waals surface area contributed by atoms with Gasteiger partial charge in [-0.15, -0.1) is 0 Å². The van der Waals surface area contributed by atoms with Crippen molar-refractivity contribution < 1.29 is 9.53 Å². The van der Waals surface area contributed by atoms with E-state index in [0.29, 0.717) is 12.5 Å². The molecular formula is C17H27N3O2. The first-order valence-corrected chi connectivity index (χ1v) is 8.08. The van der Waals surface area contributed by atoms with Crippen LogP contribution in [0.3, 0.4) is 0 Å². The van der Waals surface area contributed by atoms with Crippen LogP contribution in [-0.2, 0) is 11.3 Å². The number of ether oxygens (including phenoxy) is 1. The topological polar surface area (TPSA) is 53.6 Å². The minimum atomic E-state index is -0.130. The first-order valence-electron chi connectivity index (χ1n) is 8.08.